The van der Waals surface area contributed by atoms with Crippen LogP contribution in [0.3, 0.4) is 0 Å². The molecule has 0 unspecified atom stereocenters. The molecule has 0 spiro atoms. The van der Waals surface area contributed by atoms with E-state index >= 15 is 0 Å². The summed E-state index contributed by atoms with van der Waals surface area (Å²) in [5.41, 5.74) is 12.2. The molecule has 11 rings (SSSR count). The number of allylic oxidation sites excluding steroid dienone is 3. The van der Waals surface area contributed by atoms with Crippen molar-refractivity contribution in [2.24, 2.45) is 0 Å². The molecule has 0 aliphatic heterocycles. The van der Waals surface area contributed by atoms with Crippen molar-refractivity contribution >= 4 is 76.2 Å². The van der Waals surface area contributed by atoms with Gasteiger partial charge in [0.2, 0.25) is 0 Å². The molecule has 1 aromatic heterocycles. The van der Waals surface area contributed by atoms with Crippen LogP contribution in [0.15, 0.2) is 140 Å². The van der Waals surface area contributed by atoms with E-state index in [0.717, 1.165) is 12.8 Å². The summed E-state index contributed by atoms with van der Waals surface area (Å²) >= 11 is 1.91. The maximum Gasteiger partial charge on any atom is 0.0434 e. The molecule has 47 heavy (non-hydrogen) atoms. The minimum Gasteiger partial charge on any atom is -0.135 e. The highest BCUT2D eigenvalue weighted by atomic mass is 32.1. The van der Waals surface area contributed by atoms with Crippen LogP contribution in [0.2, 0.25) is 0 Å². The zero-order valence-corrected chi connectivity index (χ0v) is 26.5. The molecule has 2 aliphatic rings. The van der Waals surface area contributed by atoms with E-state index in [0.29, 0.717) is 0 Å². The van der Waals surface area contributed by atoms with E-state index in [9.17, 15) is 0 Å². The van der Waals surface area contributed by atoms with Gasteiger partial charge >= 0.3 is 0 Å². The van der Waals surface area contributed by atoms with Crippen molar-refractivity contribution in [2.45, 2.75) is 12.8 Å². The summed E-state index contributed by atoms with van der Waals surface area (Å²) in [5, 5.41) is 12.1. The Balaban J connectivity index is 1.10. The van der Waals surface area contributed by atoms with E-state index in [1.807, 2.05) is 11.3 Å². The van der Waals surface area contributed by atoms with Gasteiger partial charge in [0.05, 0.1) is 0 Å². The standard InChI is InChI=1S/C46H28S/c1-2-10-40-39(9-1)45(38-26-22-33-16-14-29-6-4-8-31-21-25-37(38)44(33)42(29)31)46(47-40)34-17-11-27(12-18-34)35-23-19-32-15-13-28-5-3-7-30-20-24-36(35)43(32)41(28)30/h1-5,7-15,17-26H,6,16H2. The molecular formula is C46H28S. The van der Waals surface area contributed by atoms with Crippen LogP contribution in [0, 0.1) is 0 Å². The molecule has 2 aliphatic carbocycles. The molecular weight excluding hydrogens is 585 g/mol. The molecule has 0 amide bonds. The molecule has 0 N–H and O–H groups in total. The largest absolute Gasteiger partial charge is 0.135 e. The average molecular weight is 613 g/mol. The Kier molecular flexibility index (Phi) is 5.19. The number of rotatable bonds is 3. The van der Waals surface area contributed by atoms with E-state index in [2.05, 4.69) is 146 Å². The van der Waals surface area contributed by atoms with Crippen LogP contribution in [-0.2, 0) is 6.42 Å². The SMILES string of the molecule is C1=Cc2ccc3c(-c4c(-c5ccc(-c6ccc7ccc8cccc9ccc6c7c89)cc5)sc5ccccc45)ccc4c3c2C(=CC4)C1. The van der Waals surface area contributed by atoms with E-state index in [1.165, 1.54) is 108 Å². The molecule has 8 aromatic carbocycles. The van der Waals surface area contributed by atoms with Gasteiger partial charge in [0, 0.05) is 20.5 Å². The van der Waals surface area contributed by atoms with E-state index in [-0.39, 0.29) is 0 Å². The molecule has 0 saturated heterocycles. The summed E-state index contributed by atoms with van der Waals surface area (Å²) in [7, 11) is 0. The minimum atomic E-state index is 1.01. The number of benzene rings is 8. The van der Waals surface area contributed by atoms with Gasteiger partial charge in [0.25, 0.3) is 0 Å². The fraction of sp³-hybridized carbons (Fsp3) is 0.0435. The predicted molar refractivity (Wildman–Crippen MR) is 205 cm³/mol. The maximum absolute atomic E-state index is 2.44. The Morgan fingerprint density at radius 3 is 2.09 bits per heavy atom. The molecule has 0 bridgehead atoms. The fourth-order valence-corrected chi connectivity index (χ4v) is 9.77. The molecule has 0 atom stereocenters. The summed E-state index contributed by atoms with van der Waals surface area (Å²) in [4.78, 5) is 1.34. The molecule has 0 fully saturated rings. The lowest BCUT2D eigenvalue weighted by molar-refractivity contribution is 1.23. The highest BCUT2D eigenvalue weighted by Gasteiger charge is 2.24. The van der Waals surface area contributed by atoms with Gasteiger partial charge in [0.1, 0.15) is 0 Å². The number of fused-ring (bicyclic) bond motifs is 1. The molecule has 1 heterocycles. The first kappa shape index (κ1) is 25.7. The summed E-state index contributed by atoms with van der Waals surface area (Å²) in [6.07, 6.45) is 9.10. The lowest BCUT2D eigenvalue weighted by Gasteiger charge is -2.24. The Bertz CT molecular complexity index is 2810. The van der Waals surface area contributed by atoms with Crippen LogP contribution in [0.4, 0.5) is 0 Å². The van der Waals surface area contributed by atoms with Crippen molar-refractivity contribution in [3.8, 4) is 32.7 Å². The van der Waals surface area contributed by atoms with Crippen LogP contribution in [-0.4, -0.2) is 0 Å². The second kappa shape index (κ2) is 9.51. The number of hydrogen-bond donors (Lipinski definition) is 0. The average Bonchev–Trinajstić information content (AvgIpc) is 3.52. The zero-order chi connectivity index (χ0) is 30.6. The summed E-state index contributed by atoms with van der Waals surface area (Å²) < 4.78 is 1.33. The quantitative estimate of drug-likeness (QED) is 0.174. The van der Waals surface area contributed by atoms with Crippen molar-refractivity contribution in [3.05, 3.63) is 156 Å². The predicted octanol–water partition coefficient (Wildman–Crippen LogP) is 13.3. The summed E-state index contributed by atoms with van der Waals surface area (Å²) in [5.74, 6) is 0. The molecule has 0 saturated carbocycles. The van der Waals surface area contributed by atoms with Crippen LogP contribution in [0.1, 0.15) is 23.1 Å². The van der Waals surface area contributed by atoms with E-state index < -0.39 is 0 Å². The Morgan fingerprint density at radius 2 is 1.19 bits per heavy atom. The van der Waals surface area contributed by atoms with Crippen molar-refractivity contribution in [2.75, 3.05) is 0 Å². The van der Waals surface area contributed by atoms with Gasteiger partial charge in [-0.25, -0.2) is 0 Å². The van der Waals surface area contributed by atoms with E-state index in [4.69, 9.17) is 0 Å². The second-order valence-electron chi connectivity index (χ2n) is 13.1. The number of thiophene rings is 1. The van der Waals surface area contributed by atoms with Gasteiger partial charge in [-0.1, -0.05) is 140 Å². The van der Waals surface area contributed by atoms with Gasteiger partial charge in [-0.2, -0.15) is 0 Å². The zero-order valence-electron chi connectivity index (χ0n) is 25.7. The molecule has 0 nitrogen and oxygen atoms in total. The van der Waals surface area contributed by atoms with Gasteiger partial charge in [0.15, 0.2) is 0 Å². The summed E-state index contributed by atoms with van der Waals surface area (Å²) in [6.45, 7) is 0. The first-order valence-corrected chi connectivity index (χ1v) is 17.4. The van der Waals surface area contributed by atoms with Crippen LogP contribution < -0.4 is 0 Å². The van der Waals surface area contributed by atoms with Crippen LogP contribution in [0.25, 0.3) is 97.5 Å². The smallest absolute Gasteiger partial charge is 0.0434 e. The van der Waals surface area contributed by atoms with Gasteiger partial charge in [-0.05, 0) is 107 Å². The monoisotopic (exact) mass is 612 g/mol. The van der Waals surface area contributed by atoms with Gasteiger partial charge in [-0.3, -0.25) is 0 Å². The number of hydrogen-bond acceptors (Lipinski definition) is 1. The fourth-order valence-electron chi connectivity index (χ4n) is 8.54. The second-order valence-corrected chi connectivity index (χ2v) is 14.2. The third-order valence-electron chi connectivity index (χ3n) is 10.7. The normalized spacial score (nSPS) is 13.8. The van der Waals surface area contributed by atoms with Crippen molar-refractivity contribution < 1.29 is 0 Å². The Morgan fingerprint density at radius 1 is 0.468 bits per heavy atom. The van der Waals surface area contributed by atoms with E-state index in [1.54, 1.807) is 0 Å². The van der Waals surface area contributed by atoms with Gasteiger partial charge in [-0.15, -0.1) is 11.3 Å². The first-order valence-electron chi connectivity index (χ1n) is 16.5. The topological polar surface area (TPSA) is 0 Å². The molecule has 218 valence electrons. The molecule has 0 radical (unpaired) electrons. The third-order valence-corrected chi connectivity index (χ3v) is 11.9. The van der Waals surface area contributed by atoms with Gasteiger partial charge < -0.3 is 0 Å². The molecule has 9 aromatic rings. The molecule has 1 heteroatoms. The Labute approximate surface area is 276 Å². The van der Waals surface area contributed by atoms with Crippen molar-refractivity contribution in [1.82, 2.24) is 0 Å². The first-order chi connectivity index (χ1) is 23.3. The lowest BCUT2D eigenvalue weighted by Crippen LogP contribution is -2.03. The van der Waals surface area contributed by atoms with Crippen molar-refractivity contribution in [1.29, 1.82) is 0 Å². The van der Waals surface area contributed by atoms with Crippen molar-refractivity contribution in [3.63, 3.8) is 0 Å². The minimum absolute atomic E-state index is 1.01. The Hall–Kier alpha value is -5.50. The lowest BCUT2D eigenvalue weighted by atomic mass is 9.79. The van der Waals surface area contributed by atoms with Crippen LogP contribution >= 0.6 is 11.3 Å². The highest BCUT2D eigenvalue weighted by molar-refractivity contribution is 7.23. The third kappa shape index (κ3) is 3.58. The van der Waals surface area contributed by atoms with Crippen LogP contribution in [0.5, 0.6) is 0 Å². The highest BCUT2D eigenvalue weighted by Crippen LogP contribution is 2.50. The maximum atomic E-state index is 2.44. The summed E-state index contributed by atoms with van der Waals surface area (Å²) in [6, 6.07) is 48.1.